The van der Waals surface area contributed by atoms with Crippen molar-refractivity contribution >= 4 is 34.5 Å². The van der Waals surface area contributed by atoms with Gasteiger partial charge in [0.2, 0.25) is 0 Å². The van der Waals surface area contributed by atoms with Crippen LogP contribution in [0.2, 0.25) is 0 Å². The molecule has 0 saturated carbocycles. The largest absolute Gasteiger partial charge is 0.497 e. The number of nitrogens with zero attached hydrogens (tertiary/aromatic N) is 4. The molecule has 2 aromatic carbocycles. The fourth-order valence-electron chi connectivity index (χ4n) is 3.00. The molecule has 1 amide bonds. The first-order valence-corrected chi connectivity index (χ1v) is 9.32. The van der Waals surface area contributed by atoms with Crippen molar-refractivity contribution in [1.82, 2.24) is 25.2 Å². The summed E-state index contributed by atoms with van der Waals surface area (Å²) < 4.78 is 7.30. The lowest BCUT2D eigenvalue weighted by molar-refractivity contribution is 0.101. The second-order valence-corrected chi connectivity index (χ2v) is 6.44. The van der Waals surface area contributed by atoms with Crippen LogP contribution in [0.5, 0.6) is 5.75 Å². The molecule has 4 rings (SSSR count). The molecule has 136 valence electrons. The van der Waals surface area contributed by atoms with Crippen LogP contribution < -0.4 is 10.1 Å². The van der Waals surface area contributed by atoms with Crippen LogP contribution in [0.25, 0.3) is 16.6 Å². The number of methoxy groups -OCH3 is 1. The number of hydrogen-bond donors (Lipinski definition) is 2. The first-order chi connectivity index (χ1) is 13.2. The topological polar surface area (TPSA) is 97.7 Å². The first kappa shape index (κ1) is 17.1. The van der Waals surface area contributed by atoms with Gasteiger partial charge in [-0.25, -0.2) is 0 Å². The van der Waals surface area contributed by atoms with Crippen LogP contribution >= 0.6 is 11.8 Å². The number of aromatic amines is 1. The number of carbonyl (C=O) groups excluding carboxylic acids is 1. The molecular weight excluding hydrogens is 364 g/mol. The Bertz CT molecular complexity index is 1090. The highest BCUT2D eigenvalue weighted by Gasteiger charge is 2.24. The van der Waals surface area contributed by atoms with Crippen molar-refractivity contribution in [3.63, 3.8) is 0 Å². The summed E-state index contributed by atoms with van der Waals surface area (Å²) in [5.41, 5.74) is 2.29. The molecule has 2 heterocycles. The minimum absolute atomic E-state index is 0.120. The SMILES string of the molecule is COc1ccc2c(c1)c(SC)c(C(=O)Nc1nn[nH]n1)n2-c1ccccc1. The van der Waals surface area contributed by atoms with Gasteiger partial charge < -0.3 is 9.30 Å². The fraction of sp³-hybridized carbons (Fsp3) is 0.111. The smallest absolute Gasteiger partial charge is 0.276 e. The van der Waals surface area contributed by atoms with E-state index in [0.717, 1.165) is 27.2 Å². The lowest BCUT2D eigenvalue weighted by Gasteiger charge is -2.11. The highest BCUT2D eigenvalue weighted by Crippen LogP contribution is 2.37. The molecule has 0 saturated heterocycles. The van der Waals surface area contributed by atoms with E-state index < -0.39 is 0 Å². The molecule has 27 heavy (non-hydrogen) atoms. The lowest BCUT2D eigenvalue weighted by atomic mass is 10.2. The van der Waals surface area contributed by atoms with Crippen molar-refractivity contribution in [2.45, 2.75) is 4.90 Å². The Morgan fingerprint density at radius 2 is 2.04 bits per heavy atom. The molecule has 0 spiro atoms. The number of ether oxygens (including phenoxy) is 1. The predicted octanol–water partition coefficient (Wildman–Crippen LogP) is 3.13. The highest BCUT2D eigenvalue weighted by atomic mass is 32.2. The summed E-state index contributed by atoms with van der Waals surface area (Å²) in [6, 6.07) is 15.5. The number of benzene rings is 2. The molecule has 4 aromatic rings. The maximum atomic E-state index is 13.1. The maximum Gasteiger partial charge on any atom is 0.276 e. The van der Waals surface area contributed by atoms with Crippen molar-refractivity contribution in [3.8, 4) is 11.4 Å². The van der Waals surface area contributed by atoms with Gasteiger partial charge in [0.25, 0.3) is 11.9 Å². The normalized spacial score (nSPS) is 10.9. The van der Waals surface area contributed by atoms with E-state index in [2.05, 4.69) is 25.9 Å². The Kier molecular flexibility index (Phi) is 4.51. The number of anilines is 1. The standard InChI is InChI=1S/C18H16N6O2S/c1-26-12-8-9-14-13(10-12)16(27-2)15(17(25)19-18-20-22-23-21-18)24(14)11-6-4-3-5-7-11/h3-10H,1-2H3,(H2,19,20,21,22,23,25). The third-order valence-electron chi connectivity index (χ3n) is 4.13. The van der Waals surface area contributed by atoms with Gasteiger partial charge in [-0.05, 0) is 41.8 Å². The summed E-state index contributed by atoms with van der Waals surface area (Å²) in [5, 5.41) is 17.0. The number of rotatable bonds is 5. The Labute approximate surface area is 158 Å². The maximum absolute atomic E-state index is 13.1. The lowest BCUT2D eigenvalue weighted by Crippen LogP contribution is -2.18. The number of para-hydroxylation sites is 1. The van der Waals surface area contributed by atoms with E-state index in [1.165, 1.54) is 11.8 Å². The average molecular weight is 380 g/mol. The molecule has 8 nitrogen and oxygen atoms in total. The summed E-state index contributed by atoms with van der Waals surface area (Å²) >= 11 is 1.50. The molecule has 9 heteroatoms. The van der Waals surface area contributed by atoms with Crippen molar-refractivity contribution in [3.05, 3.63) is 54.2 Å². The molecule has 0 aliphatic heterocycles. The number of tetrazole rings is 1. The van der Waals surface area contributed by atoms with Crippen molar-refractivity contribution in [1.29, 1.82) is 0 Å². The van der Waals surface area contributed by atoms with Gasteiger partial charge in [0.15, 0.2) is 0 Å². The predicted molar refractivity (Wildman–Crippen MR) is 104 cm³/mol. The average Bonchev–Trinajstić information content (AvgIpc) is 3.33. The second kappa shape index (κ2) is 7.12. The van der Waals surface area contributed by atoms with Crippen LogP contribution in [-0.4, -0.2) is 44.5 Å². The molecule has 2 aromatic heterocycles. The molecule has 0 radical (unpaired) electrons. The molecule has 0 aliphatic rings. The number of hydrogen-bond acceptors (Lipinski definition) is 6. The number of amides is 1. The highest BCUT2D eigenvalue weighted by molar-refractivity contribution is 7.99. The van der Waals surface area contributed by atoms with E-state index in [1.807, 2.05) is 59.4 Å². The van der Waals surface area contributed by atoms with Gasteiger partial charge in [-0.15, -0.1) is 16.9 Å². The van der Waals surface area contributed by atoms with E-state index >= 15 is 0 Å². The Balaban J connectivity index is 1.98. The summed E-state index contributed by atoms with van der Waals surface area (Å²) in [4.78, 5) is 14.0. The number of H-pyrrole nitrogens is 1. The van der Waals surface area contributed by atoms with Gasteiger partial charge in [0.05, 0.1) is 12.6 Å². The molecule has 0 fully saturated rings. The van der Waals surface area contributed by atoms with E-state index in [9.17, 15) is 4.79 Å². The Morgan fingerprint density at radius 1 is 1.22 bits per heavy atom. The Hall–Kier alpha value is -3.33. The summed E-state index contributed by atoms with van der Waals surface area (Å²) in [6.45, 7) is 0. The second-order valence-electron chi connectivity index (χ2n) is 5.63. The number of nitrogens with one attached hydrogen (secondary N) is 2. The van der Waals surface area contributed by atoms with E-state index in [-0.39, 0.29) is 11.9 Å². The van der Waals surface area contributed by atoms with Crippen LogP contribution in [0.4, 0.5) is 5.95 Å². The van der Waals surface area contributed by atoms with Crippen LogP contribution in [-0.2, 0) is 0 Å². The van der Waals surface area contributed by atoms with E-state index in [1.54, 1.807) is 7.11 Å². The number of aromatic nitrogens is 5. The molecule has 0 aliphatic carbocycles. The van der Waals surface area contributed by atoms with Crippen molar-refractivity contribution < 1.29 is 9.53 Å². The van der Waals surface area contributed by atoms with Crippen LogP contribution in [0.3, 0.4) is 0 Å². The molecule has 0 atom stereocenters. The minimum atomic E-state index is -0.320. The monoisotopic (exact) mass is 380 g/mol. The zero-order valence-electron chi connectivity index (χ0n) is 14.6. The fourth-order valence-corrected chi connectivity index (χ4v) is 3.76. The quantitative estimate of drug-likeness (QED) is 0.516. The third kappa shape index (κ3) is 3.02. The van der Waals surface area contributed by atoms with Gasteiger partial charge in [0.1, 0.15) is 11.4 Å². The summed E-state index contributed by atoms with van der Waals surface area (Å²) in [6.07, 6.45) is 1.94. The van der Waals surface area contributed by atoms with Crippen LogP contribution in [0, 0.1) is 0 Å². The summed E-state index contributed by atoms with van der Waals surface area (Å²) in [7, 11) is 1.62. The van der Waals surface area contributed by atoms with Crippen molar-refractivity contribution in [2.75, 3.05) is 18.7 Å². The number of fused-ring (bicyclic) bond motifs is 1. The Morgan fingerprint density at radius 3 is 2.70 bits per heavy atom. The van der Waals surface area contributed by atoms with Gasteiger partial charge in [0, 0.05) is 16.0 Å². The zero-order valence-corrected chi connectivity index (χ0v) is 15.4. The third-order valence-corrected chi connectivity index (χ3v) is 4.95. The zero-order chi connectivity index (χ0) is 18.8. The molecule has 0 bridgehead atoms. The first-order valence-electron chi connectivity index (χ1n) is 8.09. The van der Waals surface area contributed by atoms with Crippen LogP contribution in [0.1, 0.15) is 10.5 Å². The van der Waals surface area contributed by atoms with Gasteiger partial charge in [-0.1, -0.05) is 23.3 Å². The number of carbonyl (C=O) groups is 1. The van der Waals surface area contributed by atoms with Crippen LogP contribution in [0.15, 0.2) is 53.4 Å². The number of thioether (sulfide) groups is 1. The molecular formula is C18H16N6O2S. The van der Waals surface area contributed by atoms with Gasteiger partial charge >= 0.3 is 0 Å². The van der Waals surface area contributed by atoms with Gasteiger partial charge in [-0.2, -0.15) is 5.21 Å². The molecule has 0 unspecified atom stereocenters. The van der Waals surface area contributed by atoms with Gasteiger partial charge in [-0.3, -0.25) is 10.1 Å². The van der Waals surface area contributed by atoms with Crippen molar-refractivity contribution in [2.24, 2.45) is 0 Å². The summed E-state index contributed by atoms with van der Waals surface area (Å²) in [5.74, 6) is 0.530. The minimum Gasteiger partial charge on any atom is -0.497 e. The van der Waals surface area contributed by atoms with E-state index in [4.69, 9.17) is 4.74 Å². The molecule has 2 N–H and O–H groups in total. The van der Waals surface area contributed by atoms with E-state index in [0.29, 0.717) is 5.69 Å².